The standard InChI is InChI=1S/C33H43N3O4/c1-19-35-36-27(39-19)33-12-10-28(2,3)16-21(33)25-22(38)14-24-29(4)15-20-17-34-40-26(20)30(5,18-37)23(29)8-9-31(24,6)32(25,7)11-13-33/h14,17-18,21,23,25H,8-13,15-16H2,1-7H3/t21-,23+,25-,29-,30-,31+,32+,33-/m0/s1. The molecule has 0 radical (unpaired) electrons. The highest BCUT2D eigenvalue weighted by atomic mass is 16.5. The van der Waals surface area contributed by atoms with Crippen molar-refractivity contribution >= 4 is 12.1 Å². The Bertz CT molecular complexity index is 1450. The largest absolute Gasteiger partial charge is 0.425 e. The summed E-state index contributed by atoms with van der Waals surface area (Å²) in [5.41, 5.74) is 0.701. The maximum atomic E-state index is 14.7. The van der Waals surface area contributed by atoms with Crippen LogP contribution in [0.1, 0.15) is 110 Å². The molecule has 5 aliphatic carbocycles. The highest BCUT2D eigenvalue weighted by molar-refractivity contribution is 5.95. The summed E-state index contributed by atoms with van der Waals surface area (Å²) in [6.45, 7) is 15.7. The van der Waals surface area contributed by atoms with Crippen molar-refractivity contribution in [1.82, 2.24) is 15.4 Å². The topological polar surface area (TPSA) is 99.1 Å². The quantitative estimate of drug-likeness (QED) is 0.398. The molecule has 40 heavy (non-hydrogen) atoms. The van der Waals surface area contributed by atoms with Crippen LogP contribution in [-0.4, -0.2) is 27.4 Å². The number of aryl methyl sites for hydroxylation is 1. The van der Waals surface area contributed by atoms with Gasteiger partial charge in [0.2, 0.25) is 11.8 Å². The molecule has 214 valence electrons. The van der Waals surface area contributed by atoms with Crippen LogP contribution in [0.15, 0.2) is 26.8 Å². The van der Waals surface area contributed by atoms with Crippen molar-refractivity contribution in [3.05, 3.63) is 41.0 Å². The van der Waals surface area contributed by atoms with Crippen LogP contribution in [0.2, 0.25) is 0 Å². The number of fused-ring (bicyclic) bond motifs is 8. The number of aromatic nitrogens is 3. The Hall–Kier alpha value is -2.57. The molecule has 2 aromatic heterocycles. The molecule has 0 aromatic carbocycles. The lowest BCUT2D eigenvalue weighted by molar-refractivity contribution is -0.162. The van der Waals surface area contributed by atoms with Crippen LogP contribution in [0, 0.1) is 46.3 Å². The average molecular weight is 546 g/mol. The summed E-state index contributed by atoms with van der Waals surface area (Å²) in [7, 11) is 0. The molecule has 7 rings (SSSR count). The third-order valence-corrected chi connectivity index (χ3v) is 13.3. The van der Waals surface area contributed by atoms with Crippen molar-refractivity contribution in [2.75, 3.05) is 0 Å². The molecule has 7 heteroatoms. The number of aldehydes is 1. The fraction of sp³-hybridized carbons (Fsp3) is 0.727. The van der Waals surface area contributed by atoms with Gasteiger partial charge in [-0.3, -0.25) is 4.79 Å². The number of rotatable bonds is 2. The van der Waals surface area contributed by atoms with Gasteiger partial charge in [-0.15, -0.1) is 10.2 Å². The van der Waals surface area contributed by atoms with Crippen LogP contribution < -0.4 is 0 Å². The second-order valence-electron chi connectivity index (χ2n) is 15.7. The fourth-order valence-electron chi connectivity index (χ4n) is 11.0. The third-order valence-electron chi connectivity index (χ3n) is 13.3. The summed E-state index contributed by atoms with van der Waals surface area (Å²) in [6, 6.07) is 0. The van der Waals surface area contributed by atoms with Crippen LogP contribution >= 0.6 is 0 Å². The predicted molar refractivity (Wildman–Crippen MR) is 148 cm³/mol. The van der Waals surface area contributed by atoms with E-state index in [0.717, 1.165) is 69.1 Å². The fourth-order valence-corrected chi connectivity index (χ4v) is 11.0. The average Bonchev–Trinajstić information content (AvgIpc) is 3.54. The molecule has 7 nitrogen and oxygen atoms in total. The van der Waals surface area contributed by atoms with Crippen molar-refractivity contribution in [3.63, 3.8) is 0 Å². The Kier molecular flexibility index (Phi) is 5.15. The van der Waals surface area contributed by atoms with Gasteiger partial charge in [-0.1, -0.05) is 45.3 Å². The van der Waals surface area contributed by atoms with Gasteiger partial charge in [0, 0.05) is 18.4 Å². The Labute approximate surface area is 236 Å². The van der Waals surface area contributed by atoms with Gasteiger partial charge in [0.25, 0.3) is 0 Å². The van der Waals surface area contributed by atoms with Crippen molar-refractivity contribution in [1.29, 1.82) is 0 Å². The molecule has 0 saturated heterocycles. The zero-order valence-electron chi connectivity index (χ0n) is 25.1. The van der Waals surface area contributed by atoms with E-state index >= 15 is 0 Å². The second-order valence-corrected chi connectivity index (χ2v) is 15.7. The SMILES string of the molecule is Cc1nnc([C@]23CCC(C)(C)C[C@H]2[C@H]2C(=O)C=C4[C@@]5(C)Cc6cnoc6[C@@](C)(C=O)[C@@H]5CC[C@@]4(C)[C@]2(C)CC3)o1. The van der Waals surface area contributed by atoms with Gasteiger partial charge in [-0.2, -0.15) is 0 Å². The maximum Gasteiger partial charge on any atom is 0.222 e. The van der Waals surface area contributed by atoms with Crippen molar-refractivity contribution in [3.8, 4) is 0 Å². The van der Waals surface area contributed by atoms with E-state index in [-0.39, 0.29) is 50.6 Å². The second kappa shape index (κ2) is 7.83. The maximum absolute atomic E-state index is 14.7. The van der Waals surface area contributed by atoms with Gasteiger partial charge < -0.3 is 13.7 Å². The molecule has 0 bridgehead atoms. The van der Waals surface area contributed by atoms with E-state index in [0.29, 0.717) is 11.7 Å². The predicted octanol–water partition coefficient (Wildman–Crippen LogP) is 6.49. The monoisotopic (exact) mass is 545 g/mol. The zero-order valence-corrected chi connectivity index (χ0v) is 25.1. The molecule has 2 aromatic rings. The summed E-state index contributed by atoms with van der Waals surface area (Å²) in [5, 5.41) is 12.9. The Morgan fingerprint density at radius 3 is 2.45 bits per heavy atom. The van der Waals surface area contributed by atoms with Crippen LogP contribution in [-0.2, 0) is 26.8 Å². The summed E-state index contributed by atoms with van der Waals surface area (Å²) in [5.74, 6) is 2.41. The number of allylic oxidation sites excluding steroid dienone is 2. The van der Waals surface area contributed by atoms with Gasteiger partial charge in [-0.05, 0) is 97.9 Å². The summed E-state index contributed by atoms with van der Waals surface area (Å²) < 4.78 is 11.9. The zero-order chi connectivity index (χ0) is 28.5. The smallest absolute Gasteiger partial charge is 0.222 e. The van der Waals surface area contributed by atoms with E-state index in [4.69, 9.17) is 8.94 Å². The molecule has 8 atom stereocenters. The molecule has 0 spiro atoms. The molecule has 0 unspecified atom stereocenters. The van der Waals surface area contributed by atoms with E-state index in [9.17, 15) is 9.59 Å². The van der Waals surface area contributed by atoms with Crippen molar-refractivity contribution in [2.45, 2.75) is 111 Å². The molecule has 0 N–H and O–H groups in total. The normalized spacial score (nSPS) is 45.3. The number of hydrogen-bond donors (Lipinski definition) is 0. The highest BCUT2D eigenvalue weighted by Crippen LogP contribution is 2.74. The molecule has 2 heterocycles. The first-order valence-electron chi connectivity index (χ1n) is 15.2. The Morgan fingerprint density at radius 2 is 1.75 bits per heavy atom. The van der Waals surface area contributed by atoms with Crippen LogP contribution in [0.3, 0.4) is 0 Å². The first-order valence-corrected chi connectivity index (χ1v) is 15.2. The van der Waals surface area contributed by atoms with E-state index in [1.807, 2.05) is 19.9 Å². The Morgan fingerprint density at radius 1 is 1.00 bits per heavy atom. The van der Waals surface area contributed by atoms with Crippen molar-refractivity contribution < 1.29 is 18.5 Å². The van der Waals surface area contributed by atoms with E-state index < -0.39 is 5.41 Å². The lowest BCUT2D eigenvalue weighted by Crippen LogP contribution is -2.66. The van der Waals surface area contributed by atoms with Crippen LogP contribution in [0.25, 0.3) is 0 Å². The van der Waals surface area contributed by atoms with Gasteiger partial charge in [-0.25, -0.2) is 0 Å². The molecule has 5 aliphatic rings. The lowest BCUT2D eigenvalue weighted by Gasteiger charge is -2.69. The van der Waals surface area contributed by atoms with Crippen LogP contribution in [0.4, 0.5) is 0 Å². The first-order chi connectivity index (χ1) is 18.7. The number of hydrogen-bond acceptors (Lipinski definition) is 7. The van der Waals surface area contributed by atoms with Gasteiger partial charge in [0.05, 0.1) is 17.0 Å². The van der Waals surface area contributed by atoms with Crippen molar-refractivity contribution in [2.24, 2.45) is 39.4 Å². The molecule has 0 aliphatic heterocycles. The molecular formula is C33H43N3O4. The van der Waals surface area contributed by atoms with Crippen LogP contribution in [0.5, 0.6) is 0 Å². The molecular weight excluding hydrogens is 502 g/mol. The first kappa shape index (κ1) is 26.3. The number of carbonyl (C=O) groups is 2. The molecule has 3 fully saturated rings. The lowest BCUT2D eigenvalue weighted by atomic mass is 9.34. The minimum absolute atomic E-state index is 0.0582. The van der Waals surface area contributed by atoms with Gasteiger partial charge >= 0.3 is 0 Å². The molecule has 0 amide bonds. The summed E-state index contributed by atoms with van der Waals surface area (Å²) >= 11 is 0. The minimum Gasteiger partial charge on any atom is -0.425 e. The minimum atomic E-state index is -0.757. The van der Waals surface area contributed by atoms with Gasteiger partial charge in [0.1, 0.15) is 6.29 Å². The van der Waals surface area contributed by atoms with E-state index in [1.54, 1.807) is 6.20 Å². The summed E-state index contributed by atoms with van der Waals surface area (Å²) in [4.78, 5) is 27.4. The molecule has 3 saturated carbocycles. The van der Waals surface area contributed by atoms with Gasteiger partial charge in [0.15, 0.2) is 11.5 Å². The van der Waals surface area contributed by atoms with E-state index in [2.05, 4.69) is 50.0 Å². The Balaban J connectivity index is 1.39. The van der Waals surface area contributed by atoms with E-state index in [1.165, 1.54) is 5.57 Å². The highest BCUT2D eigenvalue weighted by Gasteiger charge is 2.71. The summed E-state index contributed by atoms with van der Waals surface area (Å²) in [6.07, 6.45) is 12.5. The number of nitrogens with zero attached hydrogens (tertiary/aromatic N) is 3. The third kappa shape index (κ3) is 2.99. The number of carbonyl (C=O) groups excluding carboxylic acids is 2. The number of ketones is 1.